The predicted octanol–water partition coefficient (Wildman–Crippen LogP) is 1.18. The van der Waals surface area contributed by atoms with E-state index in [1.807, 2.05) is 18.2 Å². The maximum Gasteiger partial charge on any atom is 0.239 e. The van der Waals surface area contributed by atoms with Gasteiger partial charge in [-0.25, -0.2) is 0 Å². The Hall–Kier alpha value is -1.84. The van der Waals surface area contributed by atoms with Crippen LogP contribution in [0.4, 0.5) is 0 Å². The molecule has 3 rings (SSSR count). The SMILES string of the molecule is O=C(CNC(=O)C1CC1c1ccccc1)NC1CC1. The van der Waals surface area contributed by atoms with Gasteiger partial charge in [-0.05, 0) is 30.7 Å². The highest BCUT2D eigenvalue weighted by Crippen LogP contribution is 2.47. The Kier molecular flexibility index (Phi) is 3.23. The van der Waals surface area contributed by atoms with Gasteiger partial charge in [-0.15, -0.1) is 0 Å². The van der Waals surface area contributed by atoms with Gasteiger partial charge in [-0.3, -0.25) is 9.59 Å². The van der Waals surface area contributed by atoms with Crippen LogP contribution >= 0.6 is 0 Å². The van der Waals surface area contributed by atoms with E-state index in [9.17, 15) is 9.59 Å². The van der Waals surface area contributed by atoms with Gasteiger partial charge in [0.05, 0.1) is 6.54 Å². The molecule has 0 bridgehead atoms. The maximum atomic E-state index is 11.9. The molecular weight excluding hydrogens is 240 g/mol. The van der Waals surface area contributed by atoms with Crippen molar-refractivity contribution in [3.63, 3.8) is 0 Å². The van der Waals surface area contributed by atoms with Crippen molar-refractivity contribution >= 4 is 11.8 Å². The first-order chi connectivity index (χ1) is 9.24. The van der Waals surface area contributed by atoms with Gasteiger partial charge < -0.3 is 10.6 Å². The van der Waals surface area contributed by atoms with Gasteiger partial charge in [0.15, 0.2) is 0 Å². The number of carbonyl (C=O) groups is 2. The van der Waals surface area contributed by atoms with Crippen molar-refractivity contribution in [3.8, 4) is 0 Å². The smallest absolute Gasteiger partial charge is 0.239 e. The molecule has 4 nitrogen and oxygen atoms in total. The summed E-state index contributed by atoms with van der Waals surface area (Å²) in [6.45, 7) is 0.105. The average molecular weight is 258 g/mol. The molecule has 1 aromatic carbocycles. The number of nitrogens with one attached hydrogen (secondary N) is 2. The van der Waals surface area contributed by atoms with E-state index in [-0.39, 0.29) is 24.3 Å². The Morgan fingerprint density at radius 2 is 1.89 bits per heavy atom. The molecule has 1 aromatic rings. The molecule has 19 heavy (non-hydrogen) atoms. The summed E-state index contributed by atoms with van der Waals surface area (Å²) >= 11 is 0. The lowest BCUT2D eigenvalue weighted by Gasteiger charge is -2.05. The van der Waals surface area contributed by atoms with E-state index in [1.165, 1.54) is 5.56 Å². The lowest BCUT2D eigenvalue weighted by Crippen LogP contribution is -2.38. The minimum atomic E-state index is -0.0761. The highest BCUT2D eigenvalue weighted by molar-refractivity contribution is 5.88. The highest BCUT2D eigenvalue weighted by Gasteiger charge is 2.43. The molecule has 2 unspecified atom stereocenters. The van der Waals surface area contributed by atoms with Crippen LogP contribution < -0.4 is 10.6 Å². The molecule has 0 spiro atoms. The number of rotatable bonds is 5. The lowest BCUT2D eigenvalue weighted by atomic mass is 10.1. The summed E-state index contributed by atoms with van der Waals surface area (Å²) in [4.78, 5) is 23.4. The van der Waals surface area contributed by atoms with Crippen molar-refractivity contribution in [1.29, 1.82) is 0 Å². The summed E-state index contributed by atoms with van der Waals surface area (Å²) in [5.41, 5.74) is 1.21. The third-order valence-electron chi connectivity index (χ3n) is 3.72. The molecule has 0 saturated heterocycles. The van der Waals surface area contributed by atoms with Crippen LogP contribution in [0.25, 0.3) is 0 Å². The van der Waals surface area contributed by atoms with Crippen LogP contribution in [-0.4, -0.2) is 24.4 Å². The van der Waals surface area contributed by atoms with Gasteiger partial charge in [0.2, 0.25) is 11.8 Å². The summed E-state index contributed by atoms with van der Waals surface area (Å²) in [5.74, 6) is 0.288. The number of hydrogen-bond donors (Lipinski definition) is 2. The van der Waals surface area contributed by atoms with Gasteiger partial charge in [-0.2, -0.15) is 0 Å². The molecule has 2 atom stereocenters. The van der Waals surface area contributed by atoms with Gasteiger partial charge in [0.1, 0.15) is 0 Å². The van der Waals surface area contributed by atoms with Crippen molar-refractivity contribution in [2.45, 2.75) is 31.2 Å². The van der Waals surface area contributed by atoms with Crippen LogP contribution in [-0.2, 0) is 9.59 Å². The number of carbonyl (C=O) groups excluding carboxylic acids is 2. The Morgan fingerprint density at radius 1 is 1.16 bits per heavy atom. The molecule has 0 aromatic heterocycles. The minimum Gasteiger partial charge on any atom is -0.352 e. The fraction of sp³-hybridized carbons (Fsp3) is 0.467. The maximum absolute atomic E-state index is 11.9. The second kappa shape index (κ2) is 5.03. The summed E-state index contributed by atoms with van der Waals surface area (Å²) in [6.07, 6.45) is 3.02. The monoisotopic (exact) mass is 258 g/mol. The molecule has 2 N–H and O–H groups in total. The molecule has 2 aliphatic rings. The second-order valence-electron chi connectivity index (χ2n) is 5.42. The van der Waals surface area contributed by atoms with Crippen LogP contribution in [0.1, 0.15) is 30.7 Å². The van der Waals surface area contributed by atoms with E-state index < -0.39 is 0 Å². The van der Waals surface area contributed by atoms with E-state index in [2.05, 4.69) is 22.8 Å². The molecule has 2 saturated carbocycles. The summed E-state index contributed by atoms with van der Waals surface area (Å²) in [5, 5.41) is 5.58. The van der Waals surface area contributed by atoms with Crippen LogP contribution in [0, 0.1) is 5.92 Å². The molecule has 4 heteroatoms. The fourth-order valence-corrected chi connectivity index (χ4v) is 2.36. The standard InChI is InChI=1S/C15H18N2O2/c18-14(17-11-6-7-11)9-16-15(19)13-8-12(13)10-4-2-1-3-5-10/h1-5,11-13H,6-9H2,(H,16,19)(H,17,18). The first-order valence-corrected chi connectivity index (χ1v) is 6.86. The molecule has 0 heterocycles. The zero-order valence-electron chi connectivity index (χ0n) is 10.8. The number of benzene rings is 1. The third kappa shape index (κ3) is 3.13. The molecular formula is C15H18N2O2. The van der Waals surface area contributed by atoms with Crippen molar-refractivity contribution in [3.05, 3.63) is 35.9 Å². The van der Waals surface area contributed by atoms with E-state index in [0.29, 0.717) is 12.0 Å². The van der Waals surface area contributed by atoms with Crippen LogP contribution in [0.15, 0.2) is 30.3 Å². The summed E-state index contributed by atoms with van der Waals surface area (Å²) < 4.78 is 0. The largest absolute Gasteiger partial charge is 0.352 e. The lowest BCUT2D eigenvalue weighted by molar-refractivity contribution is -0.126. The van der Waals surface area contributed by atoms with Crippen LogP contribution in [0.3, 0.4) is 0 Å². The topological polar surface area (TPSA) is 58.2 Å². The van der Waals surface area contributed by atoms with E-state index in [0.717, 1.165) is 19.3 Å². The highest BCUT2D eigenvalue weighted by atomic mass is 16.2. The Morgan fingerprint density at radius 3 is 2.58 bits per heavy atom. The second-order valence-corrected chi connectivity index (χ2v) is 5.42. The Bertz CT molecular complexity index is 482. The molecule has 2 fully saturated rings. The first-order valence-electron chi connectivity index (χ1n) is 6.86. The van der Waals surface area contributed by atoms with Crippen LogP contribution in [0.5, 0.6) is 0 Å². The molecule has 2 amide bonds. The normalized spacial score (nSPS) is 24.6. The average Bonchev–Trinajstić information content (AvgIpc) is 3.30. The van der Waals surface area contributed by atoms with E-state index in [1.54, 1.807) is 0 Å². The first kappa shape index (κ1) is 12.2. The quantitative estimate of drug-likeness (QED) is 0.833. The zero-order chi connectivity index (χ0) is 13.2. The van der Waals surface area contributed by atoms with Crippen molar-refractivity contribution in [2.75, 3.05) is 6.54 Å². The molecule has 0 radical (unpaired) electrons. The Labute approximate surface area is 112 Å². The van der Waals surface area contributed by atoms with Gasteiger partial charge in [0, 0.05) is 12.0 Å². The summed E-state index contributed by atoms with van der Waals surface area (Å²) in [6, 6.07) is 10.4. The number of hydrogen-bond acceptors (Lipinski definition) is 2. The van der Waals surface area contributed by atoms with E-state index >= 15 is 0 Å². The molecule has 0 aliphatic heterocycles. The summed E-state index contributed by atoms with van der Waals surface area (Å²) in [7, 11) is 0. The van der Waals surface area contributed by atoms with Crippen LogP contribution in [0.2, 0.25) is 0 Å². The fourth-order valence-electron chi connectivity index (χ4n) is 2.36. The zero-order valence-corrected chi connectivity index (χ0v) is 10.8. The van der Waals surface area contributed by atoms with Gasteiger partial charge in [-0.1, -0.05) is 30.3 Å². The van der Waals surface area contributed by atoms with E-state index in [4.69, 9.17) is 0 Å². The van der Waals surface area contributed by atoms with Crippen molar-refractivity contribution in [2.24, 2.45) is 5.92 Å². The Balaban J connectivity index is 1.43. The molecule has 100 valence electrons. The molecule has 2 aliphatic carbocycles. The minimum absolute atomic E-state index is 0.000185. The van der Waals surface area contributed by atoms with Crippen molar-refractivity contribution < 1.29 is 9.59 Å². The number of amides is 2. The van der Waals surface area contributed by atoms with Crippen molar-refractivity contribution in [1.82, 2.24) is 10.6 Å². The van der Waals surface area contributed by atoms with Gasteiger partial charge in [0.25, 0.3) is 0 Å². The predicted molar refractivity (Wildman–Crippen MR) is 71.5 cm³/mol. The van der Waals surface area contributed by atoms with Gasteiger partial charge >= 0.3 is 0 Å². The third-order valence-corrected chi connectivity index (χ3v) is 3.72.